The van der Waals surface area contributed by atoms with Crippen LogP contribution in [-0.2, 0) is 0 Å². The molecule has 0 aliphatic heterocycles. The summed E-state index contributed by atoms with van der Waals surface area (Å²) in [6, 6.07) is 9.74. The Bertz CT molecular complexity index is 836. The van der Waals surface area contributed by atoms with E-state index in [0.29, 0.717) is 5.56 Å². The summed E-state index contributed by atoms with van der Waals surface area (Å²) in [4.78, 5) is 16.8. The average Bonchev–Trinajstić information content (AvgIpc) is 2.92. The first kappa shape index (κ1) is 14.3. The van der Waals surface area contributed by atoms with E-state index in [0.717, 1.165) is 22.3 Å². The van der Waals surface area contributed by atoms with Crippen molar-refractivity contribution in [3.05, 3.63) is 53.9 Å². The number of aryl methyl sites for hydroxylation is 1. The molecule has 3 aromatic rings. The third-order valence-electron chi connectivity index (χ3n) is 3.58. The van der Waals surface area contributed by atoms with E-state index in [4.69, 9.17) is 0 Å². The number of fused-ring (bicyclic) bond motifs is 1. The van der Waals surface area contributed by atoms with E-state index in [1.807, 2.05) is 55.8 Å². The Balaban J connectivity index is 1.90. The van der Waals surface area contributed by atoms with E-state index in [1.165, 1.54) is 0 Å². The van der Waals surface area contributed by atoms with Crippen LogP contribution < -0.4 is 5.32 Å². The first-order chi connectivity index (χ1) is 10.6. The number of nitrogens with one attached hydrogen (secondary N) is 1. The van der Waals surface area contributed by atoms with Crippen molar-refractivity contribution in [2.24, 2.45) is 0 Å². The Kier molecular flexibility index (Phi) is 3.63. The largest absolute Gasteiger partial charge is 0.322 e. The quantitative estimate of drug-likeness (QED) is 0.803. The van der Waals surface area contributed by atoms with Crippen molar-refractivity contribution in [3.8, 4) is 0 Å². The highest BCUT2D eigenvalue weighted by atomic mass is 16.1. The van der Waals surface area contributed by atoms with E-state index in [2.05, 4.69) is 15.4 Å². The minimum Gasteiger partial charge on any atom is -0.322 e. The van der Waals surface area contributed by atoms with Gasteiger partial charge in [-0.25, -0.2) is 9.67 Å². The predicted molar refractivity (Wildman–Crippen MR) is 87.0 cm³/mol. The summed E-state index contributed by atoms with van der Waals surface area (Å²) < 4.78 is 1.85. The molecule has 0 fully saturated rings. The molecule has 5 nitrogen and oxygen atoms in total. The van der Waals surface area contributed by atoms with E-state index in [9.17, 15) is 4.79 Å². The second kappa shape index (κ2) is 5.60. The summed E-state index contributed by atoms with van der Waals surface area (Å²) in [6.45, 7) is 6.06. The lowest BCUT2D eigenvalue weighted by Gasteiger charge is -2.09. The summed E-state index contributed by atoms with van der Waals surface area (Å²) in [5.41, 5.74) is 3.16. The highest BCUT2D eigenvalue weighted by molar-refractivity contribution is 6.05. The fourth-order valence-corrected chi connectivity index (χ4v) is 2.35. The van der Waals surface area contributed by atoms with Crippen LogP contribution in [-0.4, -0.2) is 20.7 Å². The van der Waals surface area contributed by atoms with Gasteiger partial charge in [-0.2, -0.15) is 5.10 Å². The molecule has 22 heavy (non-hydrogen) atoms. The number of pyridine rings is 1. The number of amides is 1. The van der Waals surface area contributed by atoms with Crippen molar-refractivity contribution in [1.82, 2.24) is 14.8 Å². The minimum atomic E-state index is -0.166. The van der Waals surface area contributed by atoms with E-state index < -0.39 is 0 Å². The lowest BCUT2D eigenvalue weighted by molar-refractivity contribution is 0.102. The number of benzene rings is 1. The monoisotopic (exact) mass is 294 g/mol. The van der Waals surface area contributed by atoms with Crippen LogP contribution in [0.25, 0.3) is 11.0 Å². The van der Waals surface area contributed by atoms with Crippen molar-refractivity contribution in [1.29, 1.82) is 0 Å². The SMILES string of the molecule is Cc1ccccc1NC(=O)c1cnc2c(cnn2C(C)C)c1. The molecule has 0 saturated carbocycles. The fraction of sp³-hybridized carbons (Fsp3) is 0.235. The molecule has 0 atom stereocenters. The average molecular weight is 294 g/mol. The molecule has 0 unspecified atom stereocenters. The third kappa shape index (κ3) is 2.57. The summed E-state index contributed by atoms with van der Waals surface area (Å²) >= 11 is 0. The number of nitrogens with zero attached hydrogens (tertiary/aromatic N) is 3. The maximum atomic E-state index is 12.4. The molecule has 112 valence electrons. The normalized spacial score (nSPS) is 11.1. The lowest BCUT2D eigenvalue weighted by atomic mass is 10.2. The van der Waals surface area contributed by atoms with Gasteiger partial charge in [0.05, 0.1) is 11.8 Å². The van der Waals surface area contributed by atoms with Gasteiger partial charge in [0.25, 0.3) is 5.91 Å². The molecule has 3 rings (SSSR count). The molecule has 2 heterocycles. The molecular formula is C17H18N4O. The van der Waals surface area contributed by atoms with Gasteiger partial charge in [0.15, 0.2) is 5.65 Å². The number of carbonyl (C=O) groups is 1. The van der Waals surface area contributed by atoms with Gasteiger partial charge in [-0.05, 0) is 38.5 Å². The summed E-state index contributed by atoms with van der Waals surface area (Å²) in [5.74, 6) is -0.166. The van der Waals surface area contributed by atoms with Gasteiger partial charge in [0.1, 0.15) is 0 Å². The number of carbonyl (C=O) groups excluding carboxylic acids is 1. The van der Waals surface area contributed by atoms with Crippen molar-refractivity contribution in [2.75, 3.05) is 5.32 Å². The molecule has 0 aliphatic rings. The molecule has 2 aromatic heterocycles. The first-order valence-electron chi connectivity index (χ1n) is 7.26. The number of rotatable bonds is 3. The van der Waals surface area contributed by atoms with Crippen molar-refractivity contribution in [2.45, 2.75) is 26.8 Å². The Morgan fingerprint density at radius 3 is 2.73 bits per heavy atom. The number of hydrogen-bond acceptors (Lipinski definition) is 3. The predicted octanol–water partition coefficient (Wildman–Crippen LogP) is 3.57. The zero-order chi connectivity index (χ0) is 15.7. The van der Waals surface area contributed by atoms with E-state index in [1.54, 1.807) is 12.4 Å². The Labute approximate surface area is 129 Å². The van der Waals surface area contributed by atoms with Crippen LogP contribution in [0.4, 0.5) is 5.69 Å². The van der Waals surface area contributed by atoms with Gasteiger partial charge in [0.2, 0.25) is 0 Å². The standard InChI is InChI=1S/C17H18N4O/c1-11(2)21-16-13(10-19-21)8-14(9-18-16)17(22)20-15-7-5-4-6-12(15)3/h4-11H,1-3H3,(H,20,22). The highest BCUT2D eigenvalue weighted by Crippen LogP contribution is 2.18. The molecule has 0 spiro atoms. The molecule has 5 heteroatoms. The molecule has 1 aromatic carbocycles. The number of anilines is 1. The highest BCUT2D eigenvalue weighted by Gasteiger charge is 2.12. The molecule has 0 radical (unpaired) electrons. The van der Waals surface area contributed by atoms with Gasteiger partial charge >= 0.3 is 0 Å². The van der Waals surface area contributed by atoms with E-state index in [-0.39, 0.29) is 11.9 Å². The van der Waals surface area contributed by atoms with Crippen LogP contribution in [0.2, 0.25) is 0 Å². The summed E-state index contributed by atoms with van der Waals surface area (Å²) in [5, 5.41) is 8.10. The van der Waals surface area contributed by atoms with Gasteiger partial charge in [-0.3, -0.25) is 4.79 Å². The van der Waals surface area contributed by atoms with Gasteiger partial charge < -0.3 is 5.32 Å². The molecule has 1 N–H and O–H groups in total. The van der Waals surface area contributed by atoms with Gasteiger partial charge in [0, 0.05) is 23.3 Å². The smallest absolute Gasteiger partial charge is 0.257 e. The van der Waals surface area contributed by atoms with Crippen molar-refractivity contribution in [3.63, 3.8) is 0 Å². The second-order valence-electron chi connectivity index (χ2n) is 5.59. The zero-order valence-electron chi connectivity index (χ0n) is 12.9. The van der Waals surface area contributed by atoms with Gasteiger partial charge in [-0.1, -0.05) is 18.2 Å². The van der Waals surface area contributed by atoms with E-state index >= 15 is 0 Å². The topological polar surface area (TPSA) is 59.8 Å². The fourth-order valence-electron chi connectivity index (χ4n) is 2.35. The van der Waals surface area contributed by atoms with Crippen LogP contribution in [0.1, 0.15) is 35.8 Å². The second-order valence-corrected chi connectivity index (χ2v) is 5.59. The molecule has 1 amide bonds. The zero-order valence-corrected chi connectivity index (χ0v) is 12.9. The lowest BCUT2D eigenvalue weighted by Crippen LogP contribution is -2.13. The maximum Gasteiger partial charge on any atom is 0.257 e. The summed E-state index contributed by atoms with van der Waals surface area (Å²) in [7, 11) is 0. The molecule has 0 bridgehead atoms. The number of aromatic nitrogens is 3. The van der Waals surface area contributed by atoms with Crippen LogP contribution in [0.3, 0.4) is 0 Å². The van der Waals surface area contributed by atoms with Crippen molar-refractivity contribution >= 4 is 22.6 Å². The molecular weight excluding hydrogens is 276 g/mol. The molecule has 0 saturated heterocycles. The number of para-hydroxylation sites is 1. The minimum absolute atomic E-state index is 0.166. The third-order valence-corrected chi connectivity index (χ3v) is 3.58. The van der Waals surface area contributed by atoms with Crippen molar-refractivity contribution < 1.29 is 4.79 Å². The number of hydrogen-bond donors (Lipinski definition) is 1. The molecule has 0 aliphatic carbocycles. The first-order valence-corrected chi connectivity index (χ1v) is 7.26. The Hall–Kier alpha value is -2.69. The Morgan fingerprint density at radius 2 is 2.00 bits per heavy atom. The van der Waals surface area contributed by atoms with Crippen LogP contribution >= 0.6 is 0 Å². The van der Waals surface area contributed by atoms with Crippen LogP contribution in [0, 0.1) is 6.92 Å². The maximum absolute atomic E-state index is 12.4. The van der Waals surface area contributed by atoms with Crippen LogP contribution in [0.5, 0.6) is 0 Å². The van der Waals surface area contributed by atoms with Gasteiger partial charge in [-0.15, -0.1) is 0 Å². The Morgan fingerprint density at radius 1 is 1.23 bits per heavy atom. The van der Waals surface area contributed by atoms with Crippen LogP contribution in [0.15, 0.2) is 42.7 Å². The summed E-state index contributed by atoms with van der Waals surface area (Å²) in [6.07, 6.45) is 3.34.